The van der Waals surface area contributed by atoms with Crippen molar-refractivity contribution >= 4 is 39.1 Å². The van der Waals surface area contributed by atoms with Gasteiger partial charge in [0.25, 0.3) is 0 Å². The van der Waals surface area contributed by atoms with Crippen molar-refractivity contribution < 1.29 is 0 Å². The van der Waals surface area contributed by atoms with E-state index in [-0.39, 0.29) is 0 Å². The van der Waals surface area contributed by atoms with Crippen LogP contribution in [0.1, 0.15) is 5.69 Å². The molecule has 0 saturated carbocycles. The Bertz CT molecular complexity index is 666. The van der Waals surface area contributed by atoms with E-state index in [4.69, 9.17) is 5.73 Å². The Morgan fingerprint density at radius 1 is 1.22 bits per heavy atom. The van der Waals surface area contributed by atoms with Crippen LogP contribution in [-0.2, 0) is 5.75 Å². The fourth-order valence-corrected chi connectivity index (χ4v) is 3.14. The number of thiophene rings is 1. The summed E-state index contributed by atoms with van der Waals surface area (Å²) in [4.78, 5) is 14.0. The summed E-state index contributed by atoms with van der Waals surface area (Å²) in [5, 5.41) is 3.61. The average Bonchev–Trinajstić information content (AvgIpc) is 2.86. The van der Waals surface area contributed by atoms with E-state index in [1.807, 2.05) is 29.6 Å². The Labute approximate surface area is 112 Å². The summed E-state index contributed by atoms with van der Waals surface area (Å²) in [6, 6.07) is 7.81. The van der Waals surface area contributed by atoms with Gasteiger partial charge in [-0.1, -0.05) is 17.8 Å². The zero-order valence-corrected chi connectivity index (χ0v) is 11.0. The van der Waals surface area contributed by atoms with Gasteiger partial charge in [-0.2, -0.15) is 0 Å². The Balaban J connectivity index is 1.82. The van der Waals surface area contributed by atoms with Gasteiger partial charge in [-0.05, 0) is 23.6 Å². The van der Waals surface area contributed by atoms with Gasteiger partial charge in [0.05, 0.1) is 11.1 Å². The molecule has 0 aromatic carbocycles. The van der Waals surface area contributed by atoms with Gasteiger partial charge in [0, 0.05) is 11.9 Å². The molecule has 0 atom stereocenters. The van der Waals surface area contributed by atoms with Gasteiger partial charge in [-0.25, -0.2) is 9.97 Å². The number of thioether (sulfide) groups is 1. The first-order valence-electron chi connectivity index (χ1n) is 5.36. The van der Waals surface area contributed by atoms with E-state index in [9.17, 15) is 0 Å². The maximum absolute atomic E-state index is 5.90. The van der Waals surface area contributed by atoms with E-state index >= 15 is 0 Å². The van der Waals surface area contributed by atoms with E-state index in [2.05, 4.69) is 15.0 Å². The van der Waals surface area contributed by atoms with Gasteiger partial charge >= 0.3 is 0 Å². The third-order valence-corrected chi connectivity index (χ3v) is 4.10. The molecule has 0 bridgehead atoms. The number of nitrogens with zero attached hydrogens (tertiary/aromatic N) is 3. The van der Waals surface area contributed by atoms with E-state index in [0.29, 0.717) is 11.0 Å². The molecule has 0 aliphatic heterocycles. The molecular weight excluding hydrogens is 264 g/mol. The highest BCUT2D eigenvalue weighted by Crippen LogP contribution is 2.27. The lowest BCUT2D eigenvalue weighted by atomic mass is 10.4. The van der Waals surface area contributed by atoms with Crippen molar-refractivity contribution in [1.82, 2.24) is 15.0 Å². The highest BCUT2D eigenvalue weighted by atomic mass is 32.2. The molecule has 0 unspecified atom stereocenters. The third kappa shape index (κ3) is 2.30. The van der Waals surface area contributed by atoms with Gasteiger partial charge in [0.15, 0.2) is 5.16 Å². The highest BCUT2D eigenvalue weighted by Gasteiger charge is 2.07. The zero-order valence-electron chi connectivity index (χ0n) is 9.41. The van der Waals surface area contributed by atoms with E-state index in [0.717, 1.165) is 21.7 Å². The molecular formula is C12H10N4S2. The number of nitrogen functional groups attached to an aromatic ring is 1. The maximum atomic E-state index is 5.90. The van der Waals surface area contributed by atoms with Crippen LogP contribution in [-0.4, -0.2) is 15.0 Å². The molecule has 4 nitrogen and oxygen atoms in total. The summed E-state index contributed by atoms with van der Waals surface area (Å²) in [5.74, 6) is 1.29. The monoisotopic (exact) mass is 274 g/mol. The minimum Gasteiger partial charge on any atom is -0.383 e. The number of fused-ring (bicyclic) bond motifs is 1. The topological polar surface area (TPSA) is 64.7 Å². The molecule has 0 aliphatic carbocycles. The molecule has 3 aromatic heterocycles. The SMILES string of the molecule is Nc1nc(SCc2ccccn2)nc2sccc12. The number of rotatable bonds is 3. The van der Waals surface area contributed by atoms with Crippen LogP contribution < -0.4 is 5.73 Å². The molecule has 0 fully saturated rings. The second-order valence-corrected chi connectivity index (χ2v) is 5.48. The van der Waals surface area contributed by atoms with Gasteiger partial charge in [0.2, 0.25) is 0 Å². The fourth-order valence-electron chi connectivity index (χ4n) is 1.54. The standard InChI is InChI=1S/C12H10N4S2/c13-10-9-4-6-17-11(9)16-12(15-10)18-7-8-3-1-2-5-14-8/h1-6H,7H2,(H2,13,15,16). The predicted molar refractivity (Wildman–Crippen MR) is 75.6 cm³/mol. The molecule has 18 heavy (non-hydrogen) atoms. The number of hydrogen-bond acceptors (Lipinski definition) is 6. The van der Waals surface area contributed by atoms with Crippen LogP contribution in [0.3, 0.4) is 0 Å². The molecule has 90 valence electrons. The van der Waals surface area contributed by atoms with Crippen LogP contribution in [0.4, 0.5) is 5.82 Å². The Morgan fingerprint density at radius 2 is 2.17 bits per heavy atom. The summed E-state index contributed by atoms with van der Waals surface area (Å²) in [5.41, 5.74) is 6.91. The van der Waals surface area contributed by atoms with Crippen LogP contribution >= 0.6 is 23.1 Å². The van der Waals surface area contributed by atoms with E-state index < -0.39 is 0 Å². The molecule has 2 N–H and O–H groups in total. The molecule has 3 rings (SSSR count). The number of pyridine rings is 1. The summed E-state index contributed by atoms with van der Waals surface area (Å²) >= 11 is 3.13. The maximum Gasteiger partial charge on any atom is 0.191 e. The van der Waals surface area contributed by atoms with E-state index in [1.165, 1.54) is 0 Å². The molecule has 6 heteroatoms. The second kappa shape index (κ2) is 4.91. The highest BCUT2D eigenvalue weighted by molar-refractivity contribution is 7.98. The van der Waals surface area contributed by atoms with Crippen molar-refractivity contribution in [2.45, 2.75) is 10.9 Å². The smallest absolute Gasteiger partial charge is 0.191 e. The molecule has 3 aromatic rings. The van der Waals surface area contributed by atoms with Crippen molar-refractivity contribution in [3.8, 4) is 0 Å². The van der Waals surface area contributed by atoms with Crippen LogP contribution in [0.15, 0.2) is 41.0 Å². The van der Waals surface area contributed by atoms with E-state index in [1.54, 1.807) is 29.3 Å². The van der Waals surface area contributed by atoms with Gasteiger partial charge < -0.3 is 5.73 Å². The predicted octanol–water partition coefficient (Wildman–Crippen LogP) is 2.96. The Kier molecular flexibility index (Phi) is 3.12. The lowest BCUT2D eigenvalue weighted by Gasteiger charge is -2.02. The van der Waals surface area contributed by atoms with Gasteiger partial charge in [0.1, 0.15) is 10.6 Å². The Hall–Kier alpha value is -1.66. The number of nitrogens with two attached hydrogens (primary N) is 1. The van der Waals surface area contributed by atoms with Crippen LogP contribution in [0, 0.1) is 0 Å². The fraction of sp³-hybridized carbons (Fsp3) is 0.0833. The lowest BCUT2D eigenvalue weighted by Crippen LogP contribution is -1.95. The second-order valence-electron chi connectivity index (χ2n) is 3.64. The molecule has 3 heterocycles. The average molecular weight is 274 g/mol. The lowest BCUT2D eigenvalue weighted by molar-refractivity contribution is 1.01. The first-order chi connectivity index (χ1) is 8.83. The van der Waals surface area contributed by atoms with Crippen molar-refractivity contribution in [3.05, 3.63) is 41.5 Å². The zero-order chi connectivity index (χ0) is 12.4. The quantitative estimate of drug-likeness (QED) is 0.587. The number of aromatic nitrogens is 3. The Morgan fingerprint density at radius 3 is 3.00 bits per heavy atom. The first kappa shape index (κ1) is 11.4. The molecule has 0 spiro atoms. The van der Waals surface area contributed by atoms with Gasteiger partial charge in [-0.15, -0.1) is 11.3 Å². The van der Waals surface area contributed by atoms with Crippen LogP contribution in [0.5, 0.6) is 0 Å². The molecule has 0 amide bonds. The van der Waals surface area contributed by atoms with Crippen molar-refractivity contribution in [3.63, 3.8) is 0 Å². The minimum absolute atomic E-state index is 0.546. The molecule has 0 radical (unpaired) electrons. The summed E-state index contributed by atoms with van der Waals surface area (Å²) < 4.78 is 0. The normalized spacial score (nSPS) is 10.9. The third-order valence-electron chi connectivity index (χ3n) is 2.41. The largest absolute Gasteiger partial charge is 0.383 e. The molecule has 0 aliphatic rings. The van der Waals surface area contributed by atoms with Crippen molar-refractivity contribution in [1.29, 1.82) is 0 Å². The van der Waals surface area contributed by atoms with Crippen molar-refractivity contribution in [2.24, 2.45) is 0 Å². The summed E-state index contributed by atoms with van der Waals surface area (Å²) in [6.07, 6.45) is 1.79. The van der Waals surface area contributed by atoms with Crippen LogP contribution in [0.2, 0.25) is 0 Å². The van der Waals surface area contributed by atoms with Crippen molar-refractivity contribution in [2.75, 3.05) is 5.73 Å². The first-order valence-corrected chi connectivity index (χ1v) is 7.23. The van der Waals surface area contributed by atoms with Crippen LogP contribution in [0.25, 0.3) is 10.2 Å². The minimum atomic E-state index is 0.546. The number of hydrogen-bond donors (Lipinski definition) is 1. The van der Waals surface area contributed by atoms with Gasteiger partial charge in [-0.3, -0.25) is 4.98 Å². The summed E-state index contributed by atoms with van der Waals surface area (Å²) in [6.45, 7) is 0. The molecule has 0 saturated heterocycles. The summed E-state index contributed by atoms with van der Waals surface area (Å²) in [7, 11) is 0. The number of anilines is 1.